The van der Waals surface area contributed by atoms with Gasteiger partial charge < -0.3 is 10.5 Å². The van der Waals surface area contributed by atoms with E-state index in [4.69, 9.17) is 49.8 Å². The van der Waals surface area contributed by atoms with Crippen molar-refractivity contribution in [2.75, 3.05) is 5.73 Å². The van der Waals surface area contributed by atoms with Crippen LogP contribution in [-0.2, 0) is 10.1 Å². The van der Waals surface area contributed by atoms with Crippen LogP contribution in [0.5, 0.6) is 11.5 Å². The summed E-state index contributed by atoms with van der Waals surface area (Å²) in [5, 5.41) is 0.407. The fourth-order valence-electron chi connectivity index (χ4n) is 1.58. The van der Waals surface area contributed by atoms with Crippen LogP contribution in [0, 0.1) is 0 Å². The first kappa shape index (κ1) is 19.9. The van der Waals surface area contributed by atoms with Gasteiger partial charge in [-0.3, -0.25) is 4.55 Å². The molecule has 0 saturated carbocycles. The minimum atomic E-state index is -4.59. The Morgan fingerprint density at radius 1 is 1.00 bits per heavy atom. The zero-order valence-corrected chi connectivity index (χ0v) is 16.3. The van der Waals surface area contributed by atoms with Gasteiger partial charge in [-0.2, -0.15) is 8.42 Å². The molecule has 0 amide bonds. The molecule has 113 valence electrons. The van der Waals surface area contributed by atoms with E-state index in [9.17, 15) is 8.42 Å². The number of halogens is 3. The first-order valence-corrected chi connectivity index (χ1v) is 7.96. The van der Waals surface area contributed by atoms with E-state index in [0.29, 0.717) is 5.02 Å². The first-order chi connectivity index (χ1) is 9.70. The fourth-order valence-corrected chi connectivity index (χ4v) is 3.18. The van der Waals surface area contributed by atoms with Crippen LogP contribution in [0.15, 0.2) is 35.2 Å². The van der Waals surface area contributed by atoms with Crippen LogP contribution in [0.4, 0.5) is 5.69 Å². The Labute approximate surface area is 164 Å². The summed E-state index contributed by atoms with van der Waals surface area (Å²) in [5.74, 6) is 0.202. The molecule has 0 fully saturated rings. The number of hydrogen-bond donors (Lipinski definition) is 2. The second kappa shape index (κ2) is 7.59. The molecule has 0 aliphatic carbocycles. The van der Waals surface area contributed by atoms with E-state index in [-0.39, 0.29) is 56.8 Å². The predicted molar refractivity (Wildman–Crippen MR) is 88.0 cm³/mol. The van der Waals surface area contributed by atoms with Gasteiger partial charge >= 0.3 is 0 Å². The minimum Gasteiger partial charge on any atom is -0.454 e. The van der Waals surface area contributed by atoms with Crippen LogP contribution in [0.2, 0.25) is 15.1 Å². The van der Waals surface area contributed by atoms with Crippen molar-refractivity contribution in [2.24, 2.45) is 0 Å². The summed E-state index contributed by atoms with van der Waals surface area (Å²) in [6, 6.07) is 7.08. The number of nitrogen functional groups attached to an aromatic ring is 1. The maximum absolute atomic E-state index is 11.3. The third-order valence-electron chi connectivity index (χ3n) is 2.48. The molecule has 0 spiro atoms. The summed E-state index contributed by atoms with van der Waals surface area (Å²) in [4.78, 5) is -0.619. The monoisotopic (exact) mass is 390 g/mol. The summed E-state index contributed by atoms with van der Waals surface area (Å²) in [6.45, 7) is 0. The number of rotatable bonds is 3. The quantitative estimate of drug-likeness (QED) is 0.471. The summed E-state index contributed by atoms with van der Waals surface area (Å²) in [6.07, 6.45) is 0. The molecule has 0 unspecified atom stereocenters. The number of anilines is 1. The molecule has 1 radical (unpaired) electrons. The normalized spacial score (nSPS) is 10.9. The van der Waals surface area contributed by atoms with Gasteiger partial charge in [-0.15, -0.1) is 0 Å². The summed E-state index contributed by atoms with van der Waals surface area (Å²) in [5.41, 5.74) is 5.36. The number of ether oxygens (including phenoxy) is 1. The standard InChI is InChI=1S/C12H8Cl3NO4S.Na/c13-6-1-3-9(8(15)5-6)20-10-4-2-7(14)12(11(10)16)21(17,18)19;/h1-5H,16H2,(H,17,18,19);. The van der Waals surface area contributed by atoms with Crippen LogP contribution in [-0.4, -0.2) is 42.5 Å². The molecule has 5 nitrogen and oxygen atoms in total. The Morgan fingerprint density at radius 2 is 1.59 bits per heavy atom. The van der Waals surface area contributed by atoms with Crippen LogP contribution in [0.25, 0.3) is 0 Å². The van der Waals surface area contributed by atoms with E-state index in [0.717, 1.165) is 0 Å². The number of benzene rings is 2. The molecule has 3 N–H and O–H groups in total. The molecule has 0 atom stereocenters. The zero-order chi connectivity index (χ0) is 15.8. The van der Waals surface area contributed by atoms with E-state index in [1.54, 1.807) is 6.07 Å². The second-order valence-corrected chi connectivity index (χ2v) is 6.55. The average Bonchev–Trinajstić information content (AvgIpc) is 2.34. The van der Waals surface area contributed by atoms with Crippen LogP contribution in [0.3, 0.4) is 0 Å². The third kappa shape index (κ3) is 4.43. The van der Waals surface area contributed by atoms with E-state index in [1.807, 2.05) is 0 Å². The predicted octanol–water partition coefficient (Wildman–Crippen LogP) is 3.89. The van der Waals surface area contributed by atoms with Crippen LogP contribution < -0.4 is 10.5 Å². The molecule has 22 heavy (non-hydrogen) atoms. The molecular weight excluding hydrogens is 384 g/mol. The molecule has 0 aliphatic heterocycles. The van der Waals surface area contributed by atoms with Gasteiger partial charge in [0.2, 0.25) is 0 Å². The molecule has 0 aliphatic rings. The molecule has 2 aromatic carbocycles. The molecule has 0 heterocycles. The van der Waals surface area contributed by atoms with Crippen molar-refractivity contribution in [3.63, 3.8) is 0 Å². The van der Waals surface area contributed by atoms with E-state index >= 15 is 0 Å². The number of hydrogen-bond acceptors (Lipinski definition) is 4. The SMILES string of the molecule is Nc1c(Oc2ccc(Cl)cc2Cl)ccc(Cl)c1S(=O)(=O)O.[Na]. The van der Waals surface area contributed by atoms with Gasteiger partial charge in [0.25, 0.3) is 10.1 Å². The van der Waals surface area contributed by atoms with E-state index in [1.165, 1.54) is 24.3 Å². The van der Waals surface area contributed by atoms with Gasteiger partial charge in [-0.05, 0) is 30.3 Å². The minimum absolute atomic E-state index is 0. The third-order valence-corrected chi connectivity index (χ3v) is 4.39. The Hall–Kier alpha value is -0.180. The van der Waals surface area contributed by atoms with Gasteiger partial charge in [0, 0.05) is 34.6 Å². The Kier molecular flexibility index (Phi) is 6.86. The van der Waals surface area contributed by atoms with Crippen molar-refractivity contribution in [2.45, 2.75) is 4.90 Å². The molecule has 10 heteroatoms. The van der Waals surface area contributed by atoms with Crippen molar-refractivity contribution in [3.05, 3.63) is 45.4 Å². The van der Waals surface area contributed by atoms with E-state index in [2.05, 4.69) is 0 Å². The topological polar surface area (TPSA) is 89.6 Å². The summed E-state index contributed by atoms with van der Waals surface area (Å²) in [7, 11) is -4.59. The van der Waals surface area contributed by atoms with E-state index < -0.39 is 15.0 Å². The second-order valence-electron chi connectivity index (χ2n) is 3.94. The Bertz CT molecular complexity index is 814. The molecule has 2 rings (SSSR count). The first-order valence-electron chi connectivity index (χ1n) is 5.38. The van der Waals surface area contributed by atoms with Gasteiger partial charge in [0.05, 0.1) is 15.7 Å². The summed E-state index contributed by atoms with van der Waals surface area (Å²) < 4.78 is 37.1. The van der Waals surface area contributed by atoms with Crippen LogP contribution >= 0.6 is 34.8 Å². The maximum atomic E-state index is 11.3. The zero-order valence-electron chi connectivity index (χ0n) is 11.2. The van der Waals surface area contributed by atoms with Gasteiger partial charge in [-0.25, -0.2) is 0 Å². The number of nitrogens with two attached hydrogens (primary N) is 1. The van der Waals surface area contributed by atoms with Gasteiger partial charge in [-0.1, -0.05) is 34.8 Å². The molecular formula is C12H8Cl3NNaO4S. The van der Waals surface area contributed by atoms with Crippen molar-refractivity contribution in [1.29, 1.82) is 0 Å². The van der Waals surface area contributed by atoms with Crippen molar-refractivity contribution in [1.82, 2.24) is 0 Å². The molecule has 2 aromatic rings. The molecule has 0 bridgehead atoms. The average molecular weight is 392 g/mol. The smallest absolute Gasteiger partial charge is 0.298 e. The van der Waals surface area contributed by atoms with Crippen LogP contribution in [0.1, 0.15) is 0 Å². The molecule has 0 aromatic heterocycles. The molecule has 0 saturated heterocycles. The van der Waals surface area contributed by atoms with Gasteiger partial charge in [0.1, 0.15) is 10.6 Å². The van der Waals surface area contributed by atoms with Crippen molar-refractivity contribution < 1.29 is 17.7 Å². The van der Waals surface area contributed by atoms with Crippen molar-refractivity contribution in [3.8, 4) is 11.5 Å². The maximum Gasteiger partial charge on any atom is 0.298 e. The van der Waals surface area contributed by atoms with Crippen molar-refractivity contribution >= 4 is 80.2 Å². The summed E-state index contributed by atoms with van der Waals surface area (Å²) >= 11 is 17.4. The van der Waals surface area contributed by atoms with Gasteiger partial charge in [0.15, 0.2) is 5.75 Å². The Morgan fingerprint density at radius 3 is 2.14 bits per heavy atom. The Balaban J connectivity index is 0.00000242. The fraction of sp³-hybridized carbons (Fsp3) is 0. The largest absolute Gasteiger partial charge is 0.454 e.